The van der Waals surface area contributed by atoms with E-state index in [1.54, 1.807) is 0 Å². The molecule has 3 rings (SSSR count). The van der Waals surface area contributed by atoms with Gasteiger partial charge in [-0.15, -0.1) is 0 Å². The molecule has 0 fully saturated rings. The van der Waals surface area contributed by atoms with E-state index >= 15 is 0 Å². The molecule has 0 N–H and O–H groups in total. The lowest BCUT2D eigenvalue weighted by atomic mass is 10.1. The van der Waals surface area contributed by atoms with Gasteiger partial charge < -0.3 is 4.74 Å². The second-order valence-corrected chi connectivity index (χ2v) is 12.7. The highest BCUT2D eigenvalue weighted by Gasteiger charge is 2.22. The number of ether oxygens (including phenoxy) is 1. The van der Waals surface area contributed by atoms with Gasteiger partial charge in [-0.05, 0) is 48.4 Å². The van der Waals surface area contributed by atoms with Crippen LogP contribution in [0.2, 0.25) is 24.2 Å². The lowest BCUT2D eigenvalue weighted by Gasteiger charge is -2.23. The number of aryl methyl sites for hydroxylation is 1. The molecule has 140 valence electrons. The fraction of sp³-hybridized carbons (Fsp3) is 0.217. The number of hydrogen-bond acceptors (Lipinski definition) is 1. The lowest BCUT2D eigenvalue weighted by molar-refractivity contribution is 0.441. The maximum absolute atomic E-state index is 14.1. The van der Waals surface area contributed by atoms with Crippen molar-refractivity contribution in [2.45, 2.75) is 32.0 Å². The molecule has 0 atom stereocenters. The van der Waals surface area contributed by atoms with Crippen molar-refractivity contribution in [2.75, 3.05) is 0 Å². The van der Waals surface area contributed by atoms with Crippen molar-refractivity contribution in [2.24, 2.45) is 0 Å². The summed E-state index contributed by atoms with van der Waals surface area (Å²) in [4.78, 5) is 0. The molecule has 0 amide bonds. The Balaban J connectivity index is 1.62. The summed E-state index contributed by atoms with van der Waals surface area (Å²) in [6, 6.07) is 23.9. The fourth-order valence-electron chi connectivity index (χ4n) is 3.18. The molecule has 0 radical (unpaired) electrons. The maximum Gasteiger partial charge on any atom is 0.165 e. The Morgan fingerprint density at radius 1 is 0.926 bits per heavy atom. The van der Waals surface area contributed by atoms with E-state index in [1.165, 1.54) is 17.3 Å². The lowest BCUT2D eigenvalue weighted by Crippen LogP contribution is -2.40. The fourth-order valence-corrected chi connectivity index (χ4v) is 5.72. The van der Waals surface area contributed by atoms with Gasteiger partial charge in [0.1, 0.15) is 5.75 Å². The van der Waals surface area contributed by atoms with E-state index in [2.05, 4.69) is 25.2 Å². The molecule has 0 spiro atoms. The summed E-state index contributed by atoms with van der Waals surface area (Å²) in [6.45, 7) is 4.76. The molecular weight excluding hydrogens is 375 g/mol. The molecule has 0 saturated carbocycles. The number of para-hydroxylation sites is 1. The Morgan fingerprint density at radius 2 is 1.63 bits per heavy atom. The highest BCUT2D eigenvalue weighted by atomic mass is 35.5. The average molecular weight is 399 g/mol. The number of benzene rings is 3. The molecule has 1 nitrogen and oxygen atoms in total. The predicted octanol–water partition coefficient (Wildman–Crippen LogP) is 6.82. The first-order valence-electron chi connectivity index (χ1n) is 9.21. The summed E-state index contributed by atoms with van der Waals surface area (Å²) in [5.74, 6) is 0.594. The first-order valence-corrected chi connectivity index (χ1v) is 12.8. The summed E-state index contributed by atoms with van der Waals surface area (Å²) in [7, 11) is -1.51. The third-order valence-electron chi connectivity index (χ3n) is 4.86. The Bertz CT molecular complexity index is 879. The van der Waals surface area contributed by atoms with Gasteiger partial charge in [0.2, 0.25) is 0 Å². The standard InChI is InChI=1S/C23H24ClFOSi/c1-27(2,21-13-11-19(24)12-14-21)16-6-7-18-10-15-22(25)23(17-18)26-20-8-4-3-5-9-20/h3-5,8-15,17H,6-7,16H2,1-2H3. The third-order valence-corrected chi connectivity index (χ3v) is 8.61. The molecule has 4 heteroatoms. The van der Waals surface area contributed by atoms with Crippen LogP contribution in [-0.4, -0.2) is 8.07 Å². The van der Waals surface area contributed by atoms with E-state index < -0.39 is 8.07 Å². The van der Waals surface area contributed by atoms with E-state index in [9.17, 15) is 4.39 Å². The topological polar surface area (TPSA) is 9.23 Å². The Hall–Kier alpha value is -2.10. The van der Waals surface area contributed by atoms with Gasteiger partial charge in [-0.25, -0.2) is 4.39 Å². The maximum atomic E-state index is 14.1. The van der Waals surface area contributed by atoms with Gasteiger partial charge >= 0.3 is 0 Å². The SMILES string of the molecule is C[Si](C)(CCCc1ccc(F)c(Oc2ccccc2)c1)c1ccc(Cl)cc1. The Labute approximate surface area is 166 Å². The van der Waals surface area contributed by atoms with Crippen LogP contribution in [0.25, 0.3) is 0 Å². The number of rotatable bonds is 7. The van der Waals surface area contributed by atoms with Crippen LogP contribution in [0.4, 0.5) is 4.39 Å². The zero-order valence-electron chi connectivity index (χ0n) is 15.7. The van der Waals surface area contributed by atoms with Crippen LogP contribution in [-0.2, 0) is 6.42 Å². The van der Waals surface area contributed by atoms with Crippen molar-refractivity contribution in [3.63, 3.8) is 0 Å². The second kappa shape index (κ2) is 8.72. The number of hydrogen-bond donors (Lipinski definition) is 0. The molecule has 0 aromatic heterocycles. The monoisotopic (exact) mass is 398 g/mol. The van der Waals surface area contributed by atoms with Crippen molar-refractivity contribution in [3.05, 3.63) is 89.2 Å². The molecule has 0 heterocycles. The Kier molecular flexibility index (Phi) is 6.35. The van der Waals surface area contributed by atoms with Gasteiger partial charge in [0.05, 0.1) is 8.07 Å². The van der Waals surface area contributed by atoms with Crippen LogP contribution in [0.5, 0.6) is 11.5 Å². The summed E-state index contributed by atoms with van der Waals surface area (Å²) >= 11 is 6.00. The molecule has 27 heavy (non-hydrogen) atoms. The predicted molar refractivity (Wildman–Crippen MR) is 115 cm³/mol. The van der Waals surface area contributed by atoms with E-state index in [0.717, 1.165) is 23.4 Å². The van der Waals surface area contributed by atoms with Gasteiger partial charge in [-0.3, -0.25) is 0 Å². The summed E-state index contributed by atoms with van der Waals surface area (Å²) in [5, 5.41) is 2.19. The van der Waals surface area contributed by atoms with Crippen LogP contribution < -0.4 is 9.92 Å². The first-order chi connectivity index (χ1) is 12.9. The van der Waals surface area contributed by atoms with Crippen molar-refractivity contribution in [1.29, 1.82) is 0 Å². The van der Waals surface area contributed by atoms with Crippen LogP contribution in [0.15, 0.2) is 72.8 Å². The zero-order valence-corrected chi connectivity index (χ0v) is 17.5. The zero-order chi connectivity index (χ0) is 19.3. The summed E-state index contributed by atoms with van der Waals surface area (Å²) in [5.41, 5.74) is 1.10. The number of halogens is 2. The van der Waals surface area contributed by atoms with Crippen LogP contribution in [0.3, 0.4) is 0 Å². The van der Waals surface area contributed by atoms with Gasteiger partial charge in [-0.2, -0.15) is 0 Å². The van der Waals surface area contributed by atoms with E-state index in [4.69, 9.17) is 16.3 Å². The van der Waals surface area contributed by atoms with Crippen molar-refractivity contribution in [1.82, 2.24) is 0 Å². The van der Waals surface area contributed by atoms with Crippen molar-refractivity contribution < 1.29 is 9.13 Å². The molecule has 3 aromatic rings. The molecule has 0 aliphatic rings. The molecule has 0 saturated heterocycles. The normalized spacial score (nSPS) is 11.4. The molecule has 0 unspecified atom stereocenters. The summed E-state index contributed by atoms with van der Waals surface area (Å²) in [6.07, 6.45) is 1.98. The van der Waals surface area contributed by atoms with Crippen LogP contribution >= 0.6 is 11.6 Å². The molecule has 0 aliphatic carbocycles. The minimum absolute atomic E-state index is 0.285. The highest BCUT2D eigenvalue weighted by Crippen LogP contribution is 2.26. The highest BCUT2D eigenvalue weighted by molar-refractivity contribution is 6.89. The third kappa shape index (κ3) is 5.44. The minimum Gasteiger partial charge on any atom is -0.454 e. The molecule has 3 aromatic carbocycles. The molecule has 0 aliphatic heterocycles. The van der Waals surface area contributed by atoms with Gasteiger partial charge in [0, 0.05) is 5.02 Å². The van der Waals surface area contributed by atoms with Gasteiger partial charge in [-0.1, -0.05) is 78.7 Å². The largest absolute Gasteiger partial charge is 0.454 e. The van der Waals surface area contributed by atoms with E-state index in [-0.39, 0.29) is 11.6 Å². The Morgan fingerprint density at radius 3 is 2.33 bits per heavy atom. The van der Waals surface area contributed by atoms with E-state index in [1.807, 2.05) is 54.6 Å². The van der Waals surface area contributed by atoms with E-state index in [0.29, 0.717) is 5.75 Å². The van der Waals surface area contributed by atoms with Crippen molar-refractivity contribution in [3.8, 4) is 11.5 Å². The van der Waals surface area contributed by atoms with Crippen LogP contribution in [0.1, 0.15) is 12.0 Å². The van der Waals surface area contributed by atoms with Gasteiger partial charge in [0.25, 0.3) is 0 Å². The summed E-state index contributed by atoms with van der Waals surface area (Å²) < 4.78 is 19.8. The minimum atomic E-state index is -1.51. The first kappa shape index (κ1) is 19.7. The van der Waals surface area contributed by atoms with Crippen LogP contribution in [0, 0.1) is 5.82 Å². The van der Waals surface area contributed by atoms with Crippen molar-refractivity contribution >= 4 is 24.9 Å². The molecular formula is C23H24ClFOSi. The quantitative estimate of drug-likeness (QED) is 0.397. The second-order valence-electron chi connectivity index (χ2n) is 7.42. The average Bonchev–Trinajstić information content (AvgIpc) is 2.65. The molecule has 0 bridgehead atoms. The smallest absolute Gasteiger partial charge is 0.165 e. The van der Waals surface area contributed by atoms with Gasteiger partial charge in [0.15, 0.2) is 11.6 Å².